The second-order valence-electron chi connectivity index (χ2n) is 9.63. The number of amides is 2. The van der Waals surface area contributed by atoms with Crippen molar-refractivity contribution in [2.45, 2.75) is 64.4 Å². The third kappa shape index (κ3) is 9.75. The van der Waals surface area contributed by atoms with Crippen molar-refractivity contribution in [3.05, 3.63) is 90.1 Å². The summed E-state index contributed by atoms with van der Waals surface area (Å²) in [7, 11) is 0. The van der Waals surface area contributed by atoms with Crippen LogP contribution in [0.5, 0.6) is 0 Å². The highest BCUT2D eigenvalue weighted by Gasteiger charge is 2.33. The van der Waals surface area contributed by atoms with Gasteiger partial charge < -0.3 is 30.1 Å². The van der Waals surface area contributed by atoms with Gasteiger partial charge in [0.25, 0.3) is 0 Å². The molecule has 9 heteroatoms. The predicted molar refractivity (Wildman–Crippen MR) is 144 cm³/mol. The molecule has 2 aromatic rings. The van der Waals surface area contributed by atoms with Gasteiger partial charge in [0, 0.05) is 25.6 Å². The minimum absolute atomic E-state index is 0.0817. The number of aliphatic hydroxyl groups is 4. The highest BCUT2D eigenvalue weighted by atomic mass is 16.7. The van der Waals surface area contributed by atoms with Gasteiger partial charge in [0.2, 0.25) is 6.41 Å². The van der Waals surface area contributed by atoms with Gasteiger partial charge in [0.1, 0.15) is 6.10 Å². The van der Waals surface area contributed by atoms with Gasteiger partial charge in [-0.3, -0.25) is 4.79 Å². The number of carbonyl (C=O) groups is 2. The van der Waals surface area contributed by atoms with Crippen LogP contribution in [0.4, 0.5) is 4.79 Å². The van der Waals surface area contributed by atoms with E-state index in [2.05, 4.69) is 0 Å². The number of nitrogens with zero attached hydrogens (tertiary/aromatic N) is 2. The zero-order chi connectivity index (χ0) is 28.3. The molecule has 0 radical (unpaired) electrons. The van der Waals surface area contributed by atoms with Crippen LogP contribution in [0.3, 0.4) is 0 Å². The van der Waals surface area contributed by atoms with Crippen molar-refractivity contribution in [2.75, 3.05) is 6.54 Å². The van der Waals surface area contributed by atoms with Crippen molar-refractivity contribution in [3.63, 3.8) is 0 Å². The molecule has 0 aliphatic carbocycles. The lowest BCUT2D eigenvalue weighted by molar-refractivity contribution is -0.369. The van der Waals surface area contributed by atoms with Crippen molar-refractivity contribution in [1.82, 2.24) is 9.80 Å². The van der Waals surface area contributed by atoms with E-state index in [0.29, 0.717) is 29.9 Å². The van der Waals surface area contributed by atoms with Crippen LogP contribution in [0.2, 0.25) is 0 Å². The molecule has 206 valence electrons. The number of carbonyl (C=O) groups excluding carboxylic acids is 2. The zero-order valence-corrected chi connectivity index (χ0v) is 22.3. The second-order valence-corrected chi connectivity index (χ2v) is 9.63. The fourth-order valence-electron chi connectivity index (χ4n) is 3.94. The summed E-state index contributed by atoms with van der Waals surface area (Å²) in [5, 5.41) is 37.3. The summed E-state index contributed by atoms with van der Waals surface area (Å²) in [6.45, 7) is 7.59. The van der Waals surface area contributed by atoms with Crippen LogP contribution in [0.25, 0.3) is 5.57 Å². The van der Waals surface area contributed by atoms with Gasteiger partial charge in [-0.2, -0.15) is 0 Å². The molecule has 0 aromatic heterocycles. The average molecular weight is 527 g/mol. The Balaban J connectivity index is 0.000000739. The third-order valence-corrected chi connectivity index (χ3v) is 5.97. The van der Waals surface area contributed by atoms with Gasteiger partial charge in [0.15, 0.2) is 0 Å². The number of hydrogen-bond acceptors (Lipinski definition) is 7. The summed E-state index contributed by atoms with van der Waals surface area (Å²) < 4.78 is 5.50. The maximum Gasteiger partial charge on any atom is 0.410 e. The molecular weight excluding hydrogens is 488 g/mol. The molecule has 1 fully saturated rings. The first-order valence-corrected chi connectivity index (χ1v) is 12.4. The van der Waals surface area contributed by atoms with E-state index in [1.165, 1.54) is 6.08 Å². The van der Waals surface area contributed by atoms with Gasteiger partial charge in [-0.1, -0.05) is 66.7 Å². The SMILES string of the molecule is C/C=C(\C=C/N(C=O)C(O)(O)O)c1ccc(C(C)N2CCC(CC(C)(C)O)OC2=O)cc1.c1ccccc1. The lowest BCUT2D eigenvalue weighted by atomic mass is 9.97. The summed E-state index contributed by atoms with van der Waals surface area (Å²) in [5.41, 5.74) is 1.47. The molecule has 9 nitrogen and oxygen atoms in total. The van der Waals surface area contributed by atoms with Crippen LogP contribution in [-0.2, 0) is 9.53 Å². The Morgan fingerprint density at radius 3 is 2.05 bits per heavy atom. The van der Waals surface area contributed by atoms with Crippen LogP contribution in [-0.4, -0.2) is 67.1 Å². The first-order chi connectivity index (χ1) is 17.9. The lowest BCUT2D eigenvalue weighted by Gasteiger charge is -2.37. The van der Waals surface area contributed by atoms with Crippen LogP contribution in [0.1, 0.15) is 57.7 Å². The normalized spacial score (nSPS) is 17.4. The first-order valence-electron chi connectivity index (χ1n) is 12.4. The molecule has 1 saturated heterocycles. The Bertz CT molecular complexity index is 1040. The van der Waals surface area contributed by atoms with Gasteiger partial charge in [-0.05, 0) is 50.5 Å². The van der Waals surface area contributed by atoms with Gasteiger partial charge in [-0.25, -0.2) is 9.69 Å². The number of rotatable bonds is 9. The van der Waals surface area contributed by atoms with Crippen molar-refractivity contribution >= 4 is 18.1 Å². The Hall–Kier alpha value is -3.50. The summed E-state index contributed by atoms with van der Waals surface area (Å²) >= 11 is 0. The monoisotopic (exact) mass is 526 g/mol. The molecular formula is C29H38N2O7. The van der Waals surface area contributed by atoms with Crippen molar-refractivity contribution in [1.29, 1.82) is 0 Å². The van der Waals surface area contributed by atoms with E-state index in [4.69, 9.17) is 20.1 Å². The highest BCUT2D eigenvalue weighted by molar-refractivity contribution is 5.74. The molecule has 2 amide bonds. The molecule has 2 unspecified atom stereocenters. The second kappa shape index (κ2) is 13.9. The maximum atomic E-state index is 12.5. The fraction of sp³-hybridized carbons (Fsp3) is 0.379. The molecule has 2 atom stereocenters. The first kappa shape index (κ1) is 30.7. The van der Waals surface area contributed by atoms with Crippen molar-refractivity contribution in [2.24, 2.45) is 0 Å². The van der Waals surface area contributed by atoms with Gasteiger partial charge in [0.05, 0.1) is 11.6 Å². The topological polar surface area (TPSA) is 131 Å². The predicted octanol–water partition coefficient (Wildman–Crippen LogP) is 3.77. The molecule has 2 aromatic carbocycles. The molecule has 1 heterocycles. The molecule has 0 spiro atoms. The molecule has 3 rings (SSSR count). The summed E-state index contributed by atoms with van der Waals surface area (Å²) in [4.78, 5) is 25.3. The fourth-order valence-corrected chi connectivity index (χ4v) is 3.94. The standard InChI is InChI=1S/C23H32N2O7.C6H6/c1-5-17(10-12-24(15-26)23(29,30)31)19-8-6-18(7-9-19)16(2)25-13-11-20(32-21(25)27)14-22(3,4)28;1-2-4-6-5-3-1/h5-10,12,15-16,20,28-31H,11,13-14H2,1-4H3;1-6H/b12-10-,17-5+;. The molecule has 1 aliphatic heterocycles. The summed E-state index contributed by atoms with van der Waals surface area (Å²) in [5.74, 6) is 0. The van der Waals surface area contributed by atoms with Gasteiger partial charge >= 0.3 is 12.2 Å². The number of hydrogen-bond donors (Lipinski definition) is 4. The van der Waals surface area contributed by atoms with Crippen LogP contribution in [0, 0.1) is 0 Å². The van der Waals surface area contributed by atoms with E-state index in [1.54, 1.807) is 31.7 Å². The highest BCUT2D eigenvalue weighted by Crippen LogP contribution is 2.29. The summed E-state index contributed by atoms with van der Waals surface area (Å²) in [6.07, 6.45) is 1.37. The largest absolute Gasteiger partial charge is 0.446 e. The molecule has 4 N–H and O–H groups in total. The lowest BCUT2D eigenvalue weighted by Crippen LogP contribution is -2.45. The minimum atomic E-state index is -3.29. The Morgan fingerprint density at radius 2 is 1.63 bits per heavy atom. The van der Waals surface area contributed by atoms with Crippen LogP contribution < -0.4 is 0 Å². The molecule has 0 bridgehead atoms. The number of ether oxygens (including phenoxy) is 1. The van der Waals surface area contributed by atoms with Crippen LogP contribution in [0.15, 0.2) is 79.0 Å². The molecule has 1 aliphatic rings. The zero-order valence-electron chi connectivity index (χ0n) is 22.3. The van der Waals surface area contributed by atoms with Crippen molar-refractivity contribution < 1.29 is 34.8 Å². The van der Waals surface area contributed by atoms with Crippen LogP contribution >= 0.6 is 0 Å². The van der Waals surface area contributed by atoms with Crippen molar-refractivity contribution in [3.8, 4) is 0 Å². The van der Waals surface area contributed by atoms with E-state index in [-0.39, 0.29) is 18.6 Å². The smallest absolute Gasteiger partial charge is 0.410 e. The van der Waals surface area contributed by atoms with E-state index >= 15 is 0 Å². The Labute approximate surface area is 223 Å². The molecule has 0 saturated carbocycles. The van der Waals surface area contributed by atoms with E-state index < -0.39 is 17.8 Å². The van der Waals surface area contributed by atoms with Gasteiger partial charge in [-0.15, -0.1) is 0 Å². The quantitative estimate of drug-likeness (QED) is 0.222. The van der Waals surface area contributed by atoms with E-state index in [1.807, 2.05) is 67.6 Å². The number of cyclic esters (lactones) is 1. The number of benzene rings is 2. The Kier molecular flexibility index (Phi) is 11.2. The van der Waals surface area contributed by atoms with E-state index in [0.717, 1.165) is 17.3 Å². The number of allylic oxidation sites excluding steroid dienone is 3. The molecule has 38 heavy (non-hydrogen) atoms. The summed E-state index contributed by atoms with van der Waals surface area (Å²) in [6, 6.07) is 19.2. The minimum Gasteiger partial charge on any atom is -0.446 e. The Morgan fingerprint density at radius 1 is 1.08 bits per heavy atom. The van der Waals surface area contributed by atoms with E-state index in [9.17, 15) is 14.7 Å². The maximum absolute atomic E-state index is 12.5. The third-order valence-electron chi connectivity index (χ3n) is 5.97. The average Bonchev–Trinajstić information content (AvgIpc) is 2.86.